The van der Waals surface area contributed by atoms with Crippen molar-refractivity contribution in [2.45, 2.75) is 27.3 Å². The lowest BCUT2D eigenvalue weighted by Gasteiger charge is -2.16. The first-order valence-electron chi connectivity index (χ1n) is 6.52. The molecule has 0 fully saturated rings. The second kappa shape index (κ2) is 5.45. The number of methoxy groups -OCH3 is 1. The van der Waals surface area contributed by atoms with Gasteiger partial charge in [0, 0.05) is 12.1 Å². The van der Waals surface area contributed by atoms with Crippen LogP contribution in [0.15, 0.2) is 30.3 Å². The molecule has 0 aromatic heterocycles. The van der Waals surface area contributed by atoms with Gasteiger partial charge in [0.1, 0.15) is 5.75 Å². The van der Waals surface area contributed by atoms with Crippen LogP contribution in [0.5, 0.6) is 5.75 Å². The zero-order chi connectivity index (χ0) is 14.0. The summed E-state index contributed by atoms with van der Waals surface area (Å²) in [6, 6.07) is 10.6. The first kappa shape index (κ1) is 13.6. The average Bonchev–Trinajstić information content (AvgIpc) is 2.42. The van der Waals surface area contributed by atoms with Crippen molar-refractivity contribution in [1.29, 1.82) is 0 Å². The van der Waals surface area contributed by atoms with Crippen LogP contribution < -0.4 is 10.5 Å². The third-order valence-electron chi connectivity index (χ3n) is 3.71. The first-order chi connectivity index (χ1) is 9.08. The minimum absolute atomic E-state index is 0.556. The highest BCUT2D eigenvalue weighted by Gasteiger charge is 2.12. The minimum atomic E-state index is 0.556. The van der Waals surface area contributed by atoms with Gasteiger partial charge in [-0.05, 0) is 54.7 Å². The van der Waals surface area contributed by atoms with E-state index < -0.39 is 0 Å². The van der Waals surface area contributed by atoms with E-state index in [1.807, 2.05) is 0 Å². The molecular formula is C17H21NO. The van der Waals surface area contributed by atoms with Crippen LogP contribution in [0.4, 0.5) is 0 Å². The van der Waals surface area contributed by atoms with Gasteiger partial charge < -0.3 is 10.5 Å². The second-order valence-electron chi connectivity index (χ2n) is 4.94. The monoisotopic (exact) mass is 255 g/mol. The van der Waals surface area contributed by atoms with Gasteiger partial charge in [0.25, 0.3) is 0 Å². The van der Waals surface area contributed by atoms with Crippen LogP contribution in [0.2, 0.25) is 0 Å². The Morgan fingerprint density at radius 2 is 1.63 bits per heavy atom. The van der Waals surface area contributed by atoms with E-state index in [4.69, 9.17) is 10.5 Å². The average molecular weight is 255 g/mol. The molecule has 2 nitrogen and oxygen atoms in total. The second-order valence-corrected chi connectivity index (χ2v) is 4.94. The van der Waals surface area contributed by atoms with Gasteiger partial charge in [0.05, 0.1) is 7.11 Å². The molecule has 19 heavy (non-hydrogen) atoms. The topological polar surface area (TPSA) is 35.2 Å². The minimum Gasteiger partial charge on any atom is -0.496 e. The highest BCUT2D eigenvalue weighted by molar-refractivity contribution is 5.76. The fourth-order valence-electron chi connectivity index (χ4n) is 2.35. The molecule has 0 bridgehead atoms. The van der Waals surface area contributed by atoms with Crippen LogP contribution in [0.3, 0.4) is 0 Å². The summed E-state index contributed by atoms with van der Waals surface area (Å²) in [7, 11) is 1.73. The summed E-state index contributed by atoms with van der Waals surface area (Å²) in [6.07, 6.45) is 0. The lowest BCUT2D eigenvalue weighted by Crippen LogP contribution is -1.99. The van der Waals surface area contributed by atoms with Gasteiger partial charge in [-0.2, -0.15) is 0 Å². The third-order valence-corrected chi connectivity index (χ3v) is 3.71. The summed E-state index contributed by atoms with van der Waals surface area (Å²) in [4.78, 5) is 0. The summed E-state index contributed by atoms with van der Waals surface area (Å²) in [5.74, 6) is 0.956. The predicted molar refractivity (Wildman–Crippen MR) is 80.5 cm³/mol. The van der Waals surface area contributed by atoms with Crippen molar-refractivity contribution in [3.8, 4) is 16.9 Å². The zero-order valence-corrected chi connectivity index (χ0v) is 12.1. The molecule has 0 spiro atoms. The molecule has 0 saturated carbocycles. The number of hydrogen-bond donors (Lipinski definition) is 1. The highest BCUT2D eigenvalue weighted by atomic mass is 16.5. The maximum atomic E-state index is 5.74. The van der Waals surface area contributed by atoms with Crippen molar-refractivity contribution in [3.05, 3.63) is 52.6 Å². The molecule has 0 aliphatic heterocycles. The molecule has 0 aliphatic carbocycles. The van der Waals surface area contributed by atoms with Crippen LogP contribution in [0, 0.1) is 20.8 Å². The van der Waals surface area contributed by atoms with Crippen LogP contribution in [-0.2, 0) is 6.54 Å². The standard InChI is InChI=1S/C17H21NO/c1-11-6-8-15(17(19-4)13(11)3)16-9-14(10-18)7-5-12(16)2/h5-9H,10,18H2,1-4H3. The lowest BCUT2D eigenvalue weighted by atomic mass is 9.94. The maximum absolute atomic E-state index is 5.74. The van der Waals surface area contributed by atoms with E-state index in [1.165, 1.54) is 22.3 Å². The first-order valence-corrected chi connectivity index (χ1v) is 6.52. The predicted octanol–water partition coefficient (Wildman–Crippen LogP) is 3.75. The molecule has 2 heteroatoms. The van der Waals surface area contributed by atoms with E-state index in [1.54, 1.807) is 7.11 Å². The Bertz CT molecular complexity index is 602. The lowest BCUT2D eigenvalue weighted by molar-refractivity contribution is 0.413. The molecule has 100 valence electrons. The fraction of sp³-hybridized carbons (Fsp3) is 0.294. The molecule has 2 N–H and O–H groups in total. The number of aryl methyl sites for hydroxylation is 2. The number of rotatable bonds is 3. The Balaban J connectivity index is 2.68. The SMILES string of the molecule is COc1c(-c2cc(CN)ccc2C)ccc(C)c1C. The molecule has 0 saturated heterocycles. The molecule has 0 atom stereocenters. The van der Waals surface area contributed by atoms with Gasteiger partial charge in [-0.25, -0.2) is 0 Å². The normalized spacial score (nSPS) is 10.6. The van der Waals surface area contributed by atoms with Gasteiger partial charge in [-0.3, -0.25) is 0 Å². The largest absolute Gasteiger partial charge is 0.496 e. The Morgan fingerprint density at radius 1 is 0.947 bits per heavy atom. The number of nitrogens with two attached hydrogens (primary N) is 1. The smallest absolute Gasteiger partial charge is 0.129 e. The molecule has 0 unspecified atom stereocenters. The fourth-order valence-corrected chi connectivity index (χ4v) is 2.35. The van der Waals surface area contributed by atoms with Crippen molar-refractivity contribution in [2.24, 2.45) is 5.73 Å². The van der Waals surface area contributed by atoms with Gasteiger partial charge in [-0.15, -0.1) is 0 Å². The third kappa shape index (κ3) is 2.49. The zero-order valence-electron chi connectivity index (χ0n) is 12.1. The van der Waals surface area contributed by atoms with Crippen molar-refractivity contribution in [1.82, 2.24) is 0 Å². The Kier molecular flexibility index (Phi) is 3.91. The number of ether oxygens (including phenoxy) is 1. The number of hydrogen-bond acceptors (Lipinski definition) is 2. The molecule has 0 amide bonds. The maximum Gasteiger partial charge on any atom is 0.129 e. The van der Waals surface area contributed by atoms with E-state index in [-0.39, 0.29) is 0 Å². The van der Waals surface area contributed by atoms with Crippen molar-refractivity contribution in [3.63, 3.8) is 0 Å². The van der Waals surface area contributed by atoms with Gasteiger partial charge in [0.2, 0.25) is 0 Å². The summed E-state index contributed by atoms with van der Waals surface area (Å²) in [5, 5.41) is 0. The van der Waals surface area contributed by atoms with Crippen molar-refractivity contribution >= 4 is 0 Å². The molecule has 2 aromatic rings. The van der Waals surface area contributed by atoms with Crippen molar-refractivity contribution in [2.75, 3.05) is 7.11 Å². The Labute approximate surface area is 115 Å². The molecule has 0 heterocycles. The van der Waals surface area contributed by atoms with Gasteiger partial charge in [0.15, 0.2) is 0 Å². The molecule has 2 aromatic carbocycles. The van der Waals surface area contributed by atoms with Crippen LogP contribution in [0.1, 0.15) is 22.3 Å². The summed E-state index contributed by atoms with van der Waals surface area (Å²) < 4.78 is 5.61. The summed E-state index contributed by atoms with van der Waals surface area (Å²) in [5.41, 5.74) is 12.9. The van der Waals surface area contributed by atoms with E-state index in [9.17, 15) is 0 Å². The Morgan fingerprint density at radius 3 is 2.26 bits per heavy atom. The van der Waals surface area contributed by atoms with Gasteiger partial charge >= 0.3 is 0 Å². The quantitative estimate of drug-likeness (QED) is 0.906. The van der Waals surface area contributed by atoms with E-state index in [0.29, 0.717) is 6.54 Å². The van der Waals surface area contributed by atoms with E-state index in [2.05, 4.69) is 51.1 Å². The molecule has 0 aliphatic rings. The Hall–Kier alpha value is -1.80. The highest BCUT2D eigenvalue weighted by Crippen LogP contribution is 2.36. The van der Waals surface area contributed by atoms with E-state index in [0.717, 1.165) is 16.9 Å². The molecule has 2 rings (SSSR count). The van der Waals surface area contributed by atoms with Crippen LogP contribution >= 0.6 is 0 Å². The summed E-state index contributed by atoms with van der Waals surface area (Å²) >= 11 is 0. The van der Waals surface area contributed by atoms with Gasteiger partial charge in [-0.1, -0.05) is 24.3 Å². The molecular weight excluding hydrogens is 234 g/mol. The summed E-state index contributed by atoms with van der Waals surface area (Å²) in [6.45, 7) is 6.87. The van der Waals surface area contributed by atoms with E-state index >= 15 is 0 Å². The van der Waals surface area contributed by atoms with Crippen molar-refractivity contribution < 1.29 is 4.74 Å². The van der Waals surface area contributed by atoms with Crippen LogP contribution in [0.25, 0.3) is 11.1 Å². The molecule has 0 radical (unpaired) electrons. The van der Waals surface area contributed by atoms with Crippen LogP contribution in [-0.4, -0.2) is 7.11 Å². The number of benzene rings is 2.